The van der Waals surface area contributed by atoms with Gasteiger partial charge < -0.3 is 14.5 Å². The lowest BCUT2D eigenvalue weighted by molar-refractivity contribution is 0.0595. The van der Waals surface area contributed by atoms with Crippen LogP contribution in [0.1, 0.15) is 29.2 Å². The van der Waals surface area contributed by atoms with E-state index in [-0.39, 0.29) is 6.04 Å². The molecule has 2 rings (SSSR count). The van der Waals surface area contributed by atoms with Crippen molar-refractivity contribution < 1.29 is 13.9 Å². The number of methoxy groups -OCH3 is 1. The Balaban J connectivity index is 2.04. The van der Waals surface area contributed by atoms with Gasteiger partial charge in [0.2, 0.25) is 0 Å². The third-order valence-electron chi connectivity index (χ3n) is 2.21. The molecule has 5 nitrogen and oxygen atoms in total. The standard InChI is InChI=1S/C11H12N2O3S/c1-7(9-4-3-5-16-9)12-11-13-8(6-17-11)10(14)15-2/h3-7H,1-2H3,(H,12,13). The lowest BCUT2D eigenvalue weighted by Gasteiger charge is -2.09. The topological polar surface area (TPSA) is 64.4 Å². The van der Waals surface area contributed by atoms with Crippen LogP contribution in [0.15, 0.2) is 28.2 Å². The fourth-order valence-electron chi connectivity index (χ4n) is 1.33. The van der Waals surface area contributed by atoms with Crippen molar-refractivity contribution in [1.82, 2.24) is 4.98 Å². The van der Waals surface area contributed by atoms with Gasteiger partial charge >= 0.3 is 5.97 Å². The monoisotopic (exact) mass is 252 g/mol. The number of rotatable bonds is 4. The normalized spacial score (nSPS) is 12.1. The Morgan fingerprint density at radius 3 is 3.12 bits per heavy atom. The van der Waals surface area contributed by atoms with Crippen LogP contribution in [0.2, 0.25) is 0 Å². The molecule has 0 aliphatic heterocycles. The lowest BCUT2D eigenvalue weighted by Crippen LogP contribution is -2.06. The first-order chi connectivity index (χ1) is 8.20. The predicted molar refractivity (Wildman–Crippen MR) is 64.2 cm³/mol. The minimum atomic E-state index is -0.431. The van der Waals surface area contributed by atoms with Crippen LogP contribution in [-0.4, -0.2) is 18.1 Å². The van der Waals surface area contributed by atoms with Crippen LogP contribution >= 0.6 is 11.3 Å². The Bertz CT molecular complexity index is 493. The summed E-state index contributed by atoms with van der Waals surface area (Å²) in [4.78, 5) is 15.3. The van der Waals surface area contributed by atoms with E-state index in [0.717, 1.165) is 5.76 Å². The number of furan rings is 1. The van der Waals surface area contributed by atoms with Gasteiger partial charge in [0.15, 0.2) is 10.8 Å². The zero-order chi connectivity index (χ0) is 12.3. The summed E-state index contributed by atoms with van der Waals surface area (Å²) in [6.45, 7) is 1.96. The molecule has 2 aromatic heterocycles. The van der Waals surface area contributed by atoms with Gasteiger partial charge in [-0.15, -0.1) is 11.3 Å². The first-order valence-corrected chi connectivity index (χ1v) is 5.92. The summed E-state index contributed by atoms with van der Waals surface area (Å²) in [5.74, 6) is 0.389. The van der Waals surface area contributed by atoms with Crippen molar-refractivity contribution in [1.29, 1.82) is 0 Å². The van der Waals surface area contributed by atoms with Crippen molar-refractivity contribution in [3.8, 4) is 0 Å². The first-order valence-electron chi connectivity index (χ1n) is 5.04. The van der Waals surface area contributed by atoms with Gasteiger partial charge in [0, 0.05) is 5.38 Å². The summed E-state index contributed by atoms with van der Waals surface area (Å²) in [7, 11) is 1.33. The Morgan fingerprint density at radius 1 is 1.65 bits per heavy atom. The number of ether oxygens (including phenoxy) is 1. The molecule has 0 radical (unpaired) electrons. The molecule has 0 bridgehead atoms. The molecule has 1 N–H and O–H groups in total. The molecule has 2 heterocycles. The van der Waals surface area contributed by atoms with E-state index in [2.05, 4.69) is 15.0 Å². The second kappa shape index (κ2) is 5.01. The molecular weight excluding hydrogens is 240 g/mol. The van der Waals surface area contributed by atoms with E-state index in [1.807, 2.05) is 19.1 Å². The highest BCUT2D eigenvalue weighted by Crippen LogP contribution is 2.22. The summed E-state index contributed by atoms with van der Waals surface area (Å²) in [6, 6.07) is 3.71. The van der Waals surface area contributed by atoms with Gasteiger partial charge in [0.05, 0.1) is 19.4 Å². The number of hydrogen-bond acceptors (Lipinski definition) is 6. The lowest BCUT2D eigenvalue weighted by atomic mass is 10.3. The van der Waals surface area contributed by atoms with Crippen LogP contribution in [0.5, 0.6) is 0 Å². The average molecular weight is 252 g/mol. The van der Waals surface area contributed by atoms with Crippen LogP contribution in [-0.2, 0) is 4.74 Å². The quantitative estimate of drug-likeness (QED) is 0.847. The van der Waals surface area contributed by atoms with Gasteiger partial charge in [-0.3, -0.25) is 0 Å². The Morgan fingerprint density at radius 2 is 2.47 bits per heavy atom. The van der Waals surface area contributed by atoms with Crippen LogP contribution in [0, 0.1) is 0 Å². The van der Waals surface area contributed by atoms with Gasteiger partial charge in [0.1, 0.15) is 5.76 Å². The average Bonchev–Trinajstić information content (AvgIpc) is 2.98. The van der Waals surface area contributed by atoms with E-state index in [0.29, 0.717) is 10.8 Å². The van der Waals surface area contributed by atoms with Crippen molar-refractivity contribution in [3.63, 3.8) is 0 Å². The second-order valence-electron chi connectivity index (χ2n) is 3.41. The van der Waals surface area contributed by atoms with Crippen LogP contribution in [0.25, 0.3) is 0 Å². The number of thiazole rings is 1. The van der Waals surface area contributed by atoms with E-state index in [4.69, 9.17) is 4.42 Å². The number of carbonyl (C=O) groups excluding carboxylic acids is 1. The molecule has 0 saturated carbocycles. The zero-order valence-electron chi connectivity index (χ0n) is 9.47. The predicted octanol–water partition coefficient (Wildman–Crippen LogP) is 2.70. The molecule has 1 atom stereocenters. The molecule has 1 unspecified atom stereocenters. The Hall–Kier alpha value is -1.82. The summed E-state index contributed by atoms with van der Waals surface area (Å²) in [6.07, 6.45) is 1.62. The summed E-state index contributed by atoms with van der Waals surface area (Å²) < 4.78 is 9.85. The number of carbonyl (C=O) groups is 1. The maximum Gasteiger partial charge on any atom is 0.357 e. The minimum absolute atomic E-state index is 0.00152. The molecule has 0 amide bonds. The molecule has 0 spiro atoms. The maximum atomic E-state index is 11.2. The highest BCUT2D eigenvalue weighted by atomic mass is 32.1. The van der Waals surface area contributed by atoms with E-state index in [1.165, 1.54) is 18.4 Å². The van der Waals surface area contributed by atoms with E-state index >= 15 is 0 Å². The fourth-order valence-corrected chi connectivity index (χ4v) is 2.10. The SMILES string of the molecule is COC(=O)c1csc(NC(C)c2ccco2)n1. The first kappa shape index (κ1) is 11.7. The molecule has 0 aliphatic rings. The van der Waals surface area contributed by atoms with Gasteiger partial charge in [-0.1, -0.05) is 0 Å². The third-order valence-corrected chi connectivity index (χ3v) is 2.98. The molecule has 90 valence electrons. The van der Waals surface area contributed by atoms with E-state index in [9.17, 15) is 4.79 Å². The van der Waals surface area contributed by atoms with Gasteiger partial charge in [-0.05, 0) is 19.1 Å². The molecule has 0 aliphatic carbocycles. The molecule has 0 saturated heterocycles. The van der Waals surface area contributed by atoms with Gasteiger partial charge in [-0.25, -0.2) is 9.78 Å². The van der Waals surface area contributed by atoms with Crippen molar-refractivity contribution in [3.05, 3.63) is 35.2 Å². The molecule has 0 fully saturated rings. The Labute approximate surface area is 102 Å². The number of esters is 1. The molecule has 17 heavy (non-hydrogen) atoms. The summed E-state index contributed by atoms with van der Waals surface area (Å²) >= 11 is 1.35. The number of anilines is 1. The van der Waals surface area contributed by atoms with Crippen molar-refractivity contribution in [2.75, 3.05) is 12.4 Å². The number of hydrogen-bond donors (Lipinski definition) is 1. The zero-order valence-corrected chi connectivity index (χ0v) is 10.3. The molecular formula is C11H12N2O3S. The number of aromatic nitrogens is 1. The minimum Gasteiger partial charge on any atom is -0.467 e. The van der Waals surface area contributed by atoms with Crippen molar-refractivity contribution in [2.45, 2.75) is 13.0 Å². The van der Waals surface area contributed by atoms with E-state index < -0.39 is 5.97 Å². The van der Waals surface area contributed by atoms with Crippen molar-refractivity contribution in [2.24, 2.45) is 0 Å². The summed E-state index contributed by atoms with van der Waals surface area (Å²) in [5, 5.41) is 5.47. The Kier molecular flexibility index (Phi) is 3.43. The highest BCUT2D eigenvalue weighted by Gasteiger charge is 2.13. The van der Waals surface area contributed by atoms with Crippen molar-refractivity contribution >= 4 is 22.4 Å². The van der Waals surface area contributed by atoms with Gasteiger partial charge in [0.25, 0.3) is 0 Å². The van der Waals surface area contributed by atoms with Crippen LogP contribution in [0.4, 0.5) is 5.13 Å². The number of nitrogens with zero attached hydrogens (tertiary/aromatic N) is 1. The maximum absolute atomic E-state index is 11.2. The van der Waals surface area contributed by atoms with Crippen LogP contribution in [0.3, 0.4) is 0 Å². The molecule has 2 aromatic rings. The summed E-state index contributed by atoms with van der Waals surface area (Å²) in [5.41, 5.74) is 0.312. The molecule has 0 aromatic carbocycles. The highest BCUT2D eigenvalue weighted by molar-refractivity contribution is 7.13. The van der Waals surface area contributed by atoms with Crippen LogP contribution < -0.4 is 5.32 Å². The van der Waals surface area contributed by atoms with E-state index in [1.54, 1.807) is 11.6 Å². The number of nitrogens with one attached hydrogen (secondary N) is 1. The fraction of sp³-hybridized carbons (Fsp3) is 0.273. The van der Waals surface area contributed by atoms with Gasteiger partial charge in [-0.2, -0.15) is 0 Å². The third kappa shape index (κ3) is 2.65. The smallest absolute Gasteiger partial charge is 0.357 e. The largest absolute Gasteiger partial charge is 0.467 e. The molecule has 6 heteroatoms. The second-order valence-corrected chi connectivity index (χ2v) is 4.27.